The largest absolute Gasteiger partial charge is 0.401 e. The molecule has 0 aliphatic carbocycles. The number of carbonyl (C=O) groups is 1. The van der Waals surface area contributed by atoms with Crippen molar-refractivity contribution in [3.05, 3.63) is 34.0 Å². The third-order valence-corrected chi connectivity index (χ3v) is 3.63. The van der Waals surface area contributed by atoms with Gasteiger partial charge in [-0.2, -0.15) is 0 Å². The van der Waals surface area contributed by atoms with E-state index in [9.17, 15) is 4.79 Å². The molecule has 0 aromatic heterocycles. The number of hydrazine groups is 1. The van der Waals surface area contributed by atoms with Gasteiger partial charge in [0.05, 0.1) is 5.70 Å². The molecule has 2 rings (SSSR count). The first-order chi connectivity index (χ1) is 9.34. The lowest BCUT2D eigenvalue weighted by Crippen LogP contribution is -2.33. The molecular formula is C14H21N5O. The van der Waals surface area contributed by atoms with Crippen LogP contribution < -0.4 is 22.6 Å². The van der Waals surface area contributed by atoms with Gasteiger partial charge in [-0.3, -0.25) is 4.79 Å². The zero-order chi connectivity index (χ0) is 15.0. The second-order valence-corrected chi connectivity index (χ2v) is 5.14. The van der Waals surface area contributed by atoms with Crippen molar-refractivity contribution >= 4 is 17.3 Å². The van der Waals surface area contributed by atoms with Crippen LogP contribution >= 0.6 is 0 Å². The van der Waals surface area contributed by atoms with Crippen molar-refractivity contribution in [1.29, 1.82) is 0 Å². The Labute approximate surface area is 118 Å². The summed E-state index contributed by atoms with van der Waals surface area (Å²) in [7, 11) is 1.71. The van der Waals surface area contributed by atoms with Gasteiger partial charge in [-0.15, -0.1) is 0 Å². The molecule has 0 atom stereocenters. The Bertz CT molecular complexity index is 600. The molecule has 7 N–H and O–H groups in total. The minimum atomic E-state index is -0.104. The number of nitrogen functional groups attached to an aromatic ring is 1. The van der Waals surface area contributed by atoms with E-state index in [4.69, 9.17) is 17.3 Å². The van der Waals surface area contributed by atoms with Gasteiger partial charge in [0.1, 0.15) is 0 Å². The van der Waals surface area contributed by atoms with E-state index in [0.717, 1.165) is 23.1 Å². The van der Waals surface area contributed by atoms with E-state index >= 15 is 0 Å². The summed E-state index contributed by atoms with van der Waals surface area (Å²) in [6.45, 7) is 4.31. The van der Waals surface area contributed by atoms with Crippen LogP contribution in [0.2, 0.25) is 0 Å². The maximum Gasteiger partial charge on any atom is 0.251 e. The molecule has 0 spiro atoms. The average molecular weight is 275 g/mol. The van der Waals surface area contributed by atoms with E-state index in [1.165, 1.54) is 5.01 Å². The number of anilines is 1. The van der Waals surface area contributed by atoms with Gasteiger partial charge in [0.15, 0.2) is 0 Å². The van der Waals surface area contributed by atoms with Gasteiger partial charge in [-0.1, -0.05) is 0 Å². The maximum atomic E-state index is 12.0. The number of allylic oxidation sites excluding steroid dienone is 1. The summed E-state index contributed by atoms with van der Waals surface area (Å²) in [5, 5.41) is 4.27. The Morgan fingerprint density at radius 3 is 2.65 bits per heavy atom. The topological polar surface area (TPSA) is 110 Å². The summed E-state index contributed by atoms with van der Waals surface area (Å²) >= 11 is 0. The van der Waals surface area contributed by atoms with Crippen molar-refractivity contribution in [2.24, 2.45) is 11.6 Å². The van der Waals surface area contributed by atoms with E-state index in [-0.39, 0.29) is 5.91 Å². The fourth-order valence-electron chi connectivity index (χ4n) is 2.65. The van der Waals surface area contributed by atoms with Crippen LogP contribution in [0.4, 0.5) is 5.69 Å². The van der Waals surface area contributed by atoms with Crippen LogP contribution in [0.15, 0.2) is 11.8 Å². The highest BCUT2D eigenvalue weighted by Crippen LogP contribution is 2.32. The molecule has 20 heavy (non-hydrogen) atoms. The van der Waals surface area contributed by atoms with E-state index in [0.29, 0.717) is 29.2 Å². The molecule has 6 heteroatoms. The highest BCUT2D eigenvalue weighted by molar-refractivity contribution is 5.99. The third kappa shape index (κ3) is 2.18. The first kappa shape index (κ1) is 14.2. The lowest BCUT2D eigenvalue weighted by molar-refractivity contribution is 0.0946. The van der Waals surface area contributed by atoms with Crippen LogP contribution in [0.5, 0.6) is 0 Å². The van der Waals surface area contributed by atoms with E-state index in [1.807, 2.05) is 13.0 Å². The van der Waals surface area contributed by atoms with Gasteiger partial charge in [0, 0.05) is 36.1 Å². The predicted octanol–water partition coefficient (Wildman–Crippen LogP) is 0.316. The third-order valence-electron chi connectivity index (χ3n) is 3.63. The van der Waals surface area contributed by atoms with Gasteiger partial charge in [-0.05, 0) is 37.5 Å². The van der Waals surface area contributed by atoms with Crippen molar-refractivity contribution in [3.63, 3.8) is 0 Å². The lowest BCUT2D eigenvalue weighted by atomic mass is 9.90. The second kappa shape index (κ2) is 5.05. The number of nitrogens with one attached hydrogen (secondary N) is 1. The maximum absolute atomic E-state index is 12.0. The fourth-order valence-corrected chi connectivity index (χ4v) is 2.65. The highest BCUT2D eigenvalue weighted by Gasteiger charge is 2.24. The summed E-state index contributed by atoms with van der Waals surface area (Å²) in [5.41, 5.74) is 17.2. The minimum Gasteiger partial charge on any atom is -0.401 e. The molecule has 1 heterocycles. The molecule has 0 unspecified atom stereocenters. The number of hydrogen-bond donors (Lipinski definition) is 4. The second-order valence-electron chi connectivity index (χ2n) is 5.14. The van der Waals surface area contributed by atoms with Crippen molar-refractivity contribution in [1.82, 2.24) is 10.3 Å². The summed E-state index contributed by atoms with van der Waals surface area (Å²) in [5.74, 6) is 5.75. The molecule has 0 saturated heterocycles. The van der Waals surface area contributed by atoms with Crippen molar-refractivity contribution < 1.29 is 4.79 Å². The number of rotatable bonds is 2. The zero-order valence-corrected chi connectivity index (χ0v) is 12.1. The molecule has 1 aliphatic rings. The molecular weight excluding hydrogens is 254 g/mol. The zero-order valence-electron chi connectivity index (χ0n) is 12.1. The standard InChI is InChI=1S/C14H21N5O/c1-7-10(13(8(2)15)19(3)17)6-11-9(12(7)16)4-5-18-14(11)20/h6H,4-5,15-17H2,1-3H3,(H,18,20)/b13-8-. The van der Waals surface area contributed by atoms with Gasteiger partial charge in [0.2, 0.25) is 0 Å². The molecule has 1 amide bonds. The smallest absolute Gasteiger partial charge is 0.251 e. The van der Waals surface area contributed by atoms with Gasteiger partial charge >= 0.3 is 0 Å². The summed E-state index contributed by atoms with van der Waals surface area (Å²) in [6.07, 6.45) is 0.743. The van der Waals surface area contributed by atoms with E-state index < -0.39 is 0 Å². The number of benzene rings is 1. The molecule has 0 radical (unpaired) electrons. The number of nitrogens with zero attached hydrogens (tertiary/aromatic N) is 1. The predicted molar refractivity (Wildman–Crippen MR) is 80.4 cm³/mol. The van der Waals surface area contributed by atoms with Crippen molar-refractivity contribution in [3.8, 4) is 0 Å². The van der Waals surface area contributed by atoms with Gasteiger partial charge in [0.25, 0.3) is 5.91 Å². The van der Waals surface area contributed by atoms with Crippen LogP contribution in [-0.4, -0.2) is 24.5 Å². The number of carbonyl (C=O) groups excluding carboxylic acids is 1. The van der Waals surface area contributed by atoms with Gasteiger partial charge in [-0.25, -0.2) is 5.84 Å². The van der Waals surface area contributed by atoms with Gasteiger partial charge < -0.3 is 21.8 Å². The van der Waals surface area contributed by atoms with Crippen molar-refractivity contribution in [2.75, 3.05) is 19.3 Å². The Balaban J connectivity index is 2.73. The quantitative estimate of drug-likeness (QED) is 0.353. The first-order valence-electron chi connectivity index (χ1n) is 6.49. The average Bonchev–Trinajstić information content (AvgIpc) is 2.36. The Hall–Kier alpha value is -2.21. The number of amides is 1. The summed E-state index contributed by atoms with van der Waals surface area (Å²) in [4.78, 5) is 12.0. The monoisotopic (exact) mass is 275 g/mol. The fraction of sp³-hybridized carbons (Fsp3) is 0.357. The Kier molecular flexibility index (Phi) is 3.59. The lowest BCUT2D eigenvalue weighted by Gasteiger charge is -2.25. The first-order valence-corrected chi connectivity index (χ1v) is 6.49. The molecule has 0 saturated carbocycles. The van der Waals surface area contributed by atoms with Crippen LogP contribution in [0, 0.1) is 6.92 Å². The molecule has 6 nitrogen and oxygen atoms in total. The summed E-state index contributed by atoms with van der Waals surface area (Å²) in [6, 6.07) is 1.82. The molecule has 1 aliphatic heterocycles. The molecule has 108 valence electrons. The summed E-state index contributed by atoms with van der Waals surface area (Å²) < 4.78 is 0. The molecule has 0 bridgehead atoms. The van der Waals surface area contributed by atoms with E-state index in [2.05, 4.69) is 5.32 Å². The number of fused-ring (bicyclic) bond motifs is 1. The van der Waals surface area contributed by atoms with Crippen LogP contribution in [-0.2, 0) is 6.42 Å². The minimum absolute atomic E-state index is 0.104. The molecule has 1 aromatic rings. The van der Waals surface area contributed by atoms with Crippen LogP contribution in [0.3, 0.4) is 0 Å². The number of hydrogen-bond acceptors (Lipinski definition) is 5. The Morgan fingerprint density at radius 2 is 2.10 bits per heavy atom. The molecule has 1 aromatic carbocycles. The highest BCUT2D eigenvalue weighted by atomic mass is 16.1. The Morgan fingerprint density at radius 1 is 1.45 bits per heavy atom. The normalized spacial score (nSPS) is 15.3. The van der Waals surface area contributed by atoms with E-state index in [1.54, 1.807) is 14.0 Å². The number of nitrogens with two attached hydrogens (primary N) is 3. The molecule has 0 fully saturated rings. The SMILES string of the molecule is C/C(N)=C(\c1cc2c(c(N)c1C)CCNC2=O)N(C)N. The van der Waals surface area contributed by atoms with Crippen LogP contribution in [0.25, 0.3) is 5.70 Å². The van der Waals surface area contributed by atoms with Crippen LogP contribution in [0.1, 0.15) is 34.0 Å². The van der Waals surface area contributed by atoms with Crippen molar-refractivity contribution in [2.45, 2.75) is 20.3 Å².